The summed E-state index contributed by atoms with van der Waals surface area (Å²) >= 11 is 0. The van der Waals surface area contributed by atoms with E-state index in [2.05, 4.69) is 5.32 Å². The molecule has 2 aromatic carbocycles. The zero-order chi connectivity index (χ0) is 20.5. The highest BCUT2D eigenvalue weighted by Crippen LogP contribution is 2.18. The first kappa shape index (κ1) is 18.9. The number of anilines is 1. The Morgan fingerprint density at radius 3 is 2.66 bits per heavy atom. The van der Waals surface area contributed by atoms with Gasteiger partial charge in [0.1, 0.15) is 11.3 Å². The second-order valence-electron chi connectivity index (χ2n) is 7.32. The summed E-state index contributed by atoms with van der Waals surface area (Å²) in [5.74, 6) is -0.506. The minimum atomic E-state index is -0.398. The maximum Gasteiger partial charge on any atom is 0.275 e. The van der Waals surface area contributed by atoms with E-state index >= 15 is 0 Å². The molecule has 29 heavy (non-hydrogen) atoms. The third-order valence-electron chi connectivity index (χ3n) is 5.14. The molecule has 0 atom stereocenters. The van der Waals surface area contributed by atoms with Crippen LogP contribution in [0.5, 0.6) is 0 Å². The summed E-state index contributed by atoms with van der Waals surface area (Å²) in [4.78, 5) is 25.2. The molecule has 2 heterocycles. The highest BCUT2D eigenvalue weighted by molar-refractivity contribution is 5.91. The molecule has 2 aromatic heterocycles. The second kappa shape index (κ2) is 7.54. The Morgan fingerprint density at radius 2 is 1.86 bits per heavy atom. The number of carbonyl (C=O) groups is 1. The van der Waals surface area contributed by atoms with E-state index in [4.69, 9.17) is 0 Å². The number of fused-ring (bicyclic) bond motifs is 3. The van der Waals surface area contributed by atoms with Crippen molar-refractivity contribution in [1.29, 1.82) is 0 Å². The Balaban J connectivity index is 1.55. The van der Waals surface area contributed by atoms with E-state index in [0.29, 0.717) is 24.0 Å². The third-order valence-corrected chi connectivity index (χ3v) is 5.14. The number of nitrogens with zero attached hydrogens (tertiary/aromatic N) is 2. The molecule has 148 valence electrons. The topological polar surface area (TPSA) is 55.5 Å². The van der Waals surface area contributed by atoms with Crippen LogP contribution in [0.3, 0.4) is 0 Å². The van der Waals surface area contributed by atoms with Crippen LogP contribution in [0.1, 0.15) is 24.0 Å². The number of rotatable bonds is 5. The predicted molar refractivity (Wildman–Crippen MR) is 113 cm³/mol. The average Bonchev–Trinajstić information content (AvgIpc) is 3.17. The molecule has 0 radical (unpaired) electrons. The van der Waals surface area contributed by atoms with Gasteiger partial charge in [-0.05, 0) is 62.2 Å². The molecule has 0 saturated carbocycles. The Kier molecular flexibility index (Phi) is 4.92. The summed E-state index contributed by atoms with van der Waals surface area (Å²) in [6, 6.07) is 13.8. The molecule has 1 amide bonds. The van der Waals surface area contributed by atoms with Gasteiger partial charge in [0, 0.05) is 24.8 Å². The molecule has 0 saturated heterocycles. The van der Waals surface area contributed by atoms with Gasteiger partial charge >= 0.3 is 0 Å². The summed E-state index contributed by atoms with van der Waals surface area (Å²) in [5.41, 5.74) is 4.56. The highest BCUT2D eigenvalue weighted by atomic mass is 19.1. The van der Waals surface area contributed by atoms with Crippen LogP contribution < -0.4 is 10.9 Å². The van der Waals surface area contributed by atoms with E-state index < -0.39 is 5.82 Å². The van der Waals surface area contributed by atoms with E-state index in [9.17, 15) is 14.0 Å². The number of aromatic nitrogens is 2. The summed E-state index contributed by atoms with van der Waals surface area (Å²) < 4.78 is 17.2. The number of hydrogen-bond donors (Lipinski definition) is 1. The van der Waals surface area contributed by atoms with Gasteiger partial charge in [-0.3, -0.25) is 9.59 Å². The van der Waals surface area contributed by atoms with Crippen molar-refractivity contribution < 1.29 is 9.18 Å². The molecule has 0 aliphatic heterocycles. The lowest BCUT2D eigenvalue weighted by Crippen LogP contribution is -2.23. The molecule has 0 unspecified atom stereocenters. The van der Waals surface area contributed by atoms with Crippen molar-refractivity contribution in [3.63, 3.8) is 0 Å². The number of amides is 1. The van der Waals surface area contributed by atoms with E-state index in [0.717, 1.165) is 22.3 Å². The first-order chi connectivity index (χ1) is 13.9. The number of nitrogens with one attached hydrogen (secondary N) is 1. The summed E-state index contributed by atoms with van der Waals surface area (Å²) in [6.45, 7) is 4.29. The molecule has 5 nitrogen and oxygen atoms in total. The lowest BCUT2D eigenvalue weighted by molar-refractivity contribution is -0.116. The van der Waals surface area contributed by atoms with Crippen molar-refractivity contribution in [1.82, 2.24) is 8.97 Å². The van der Waals surface area contributed by atoms with Gasteiger partial charge < -0.3 is 14.3 Å². The Morgan fingerprint density at radius 1 is 1.03 bits per heavy atom. The fourth-order valence-corrected chi connectivity index (χ4v) is 3.72. The van der Waals surface area contributed by atoms with E-state index in [1.165, 1.54) is 12.1 Å². The first-order valence-corrected chi connectivity index (χ1v) is 9.60. The number of aryl methyl sites for hydroxylation is 3. The van der Waals surface area contributed by atoms with Gasteiger partial charge in [-0.1, -0.05) is 17.7 Å². The van der Waals surface area contributed by atoms with Crippen LogP contribution in [0.25, 0.3) is 16.6 Å². The molecular formula is C23H22FN3O2. The van der Waals surface area contributed by atoms with Gasteiger partial charge in [-0.15, -0.1) is 0 Å². The minimum Gasteiger partial charge on any atom is -0.326 e. The number of benzene rings is 2. The van der Waals surface area contributed by atoms with Gasteiger partial charge in [0.25, 0.3) is 5.56 Å². The monoisotopic (exact) mass is 391 g/mol. The zero-order valence-corrected chi connectivity index (χ0v) is 16.4. The lowest BCUT2D eigenvalue weighted by atomic mass is 10.1. The first-order valence-electron chi connectivity index (χ1n) is 9.60. The number of halogens is 1. The van der Waals surface area contributed by atoms with Crippen LogP contribution in [0.2, 0.25) is 0 Å². The van der Waals surface area contributed by atoms with Gasteiger partial charge in [0.2, 0.25) is 5.91 Å². The minimum absolute atomic E-state index is 0.107. The highest BCUT2D eigenvalue weighted by Gasteiger charge is 2.12. The van der Waals surface area contributed by atoms with Crippen molar-refractivity contribution in [3.8, 4) is 0 Å². The molecular weight excluding hydrogens is 369 g/mol. The second-order valence-corrected chi connectivity index (χ2v) is 7.32. The van der Waals surface area contributed by atoms with Gasteiger partial charge in [0.05, 0.1) is 11.0 Å². The van der Waals surface area contributed by atoms with Crippen molar-refractivity contribution in [2.45, 2.75) is 33.2 Å². The van der Waals surface area contributed by atoms with E-state index in [1.807, 2.05) is 32.0 Å². The van der Waals surface area contributed by atoms with Gasteiger partial charge in [0.15, 0.2) is 0 Å². The quantitative estimate of drug-likeness (QED) is 0.547. The van der Waals surface area contributed by atoms with Crippen LogP contribution in [0.4, 0.5) is 10.1 Å². The fourth-order valence-electron chi connectivity index (χ4n) is 3.72. The maximum absolute atomic E-state index is 13.8. The zero-order valence-electron chi connectivity index (χ0n) is 16.4. The largest absolute Gasteiger partial charge is 0.326 e. The van der Waals surface area contributed by atoms with Crippen LogP contribution in [-0.2, 0) is 11.3 Å². The van der Waals surface area contributed by atoms with Crippen LogP contribution in [-0.4, -0.2) is 14.9 Å². The summed E-state index contributed by atoms with van der Waals surface area (Å²) in [5, 5.41) is 2.92. The van der Waals surface area contributed by atoms with Crippen molar-refractivity contribution in [2.75, 3.05) is 5.32 Å². The average molecular weight is 391 g/mol. The number of carbonyl (C=O) groups excluding carboxylic acids is 1. The SMILES string of the molecule is Cc1ccc(NC(=O)CCCn2c(=O)c3cccn3c3ccc(F)cc32)c(C)c1. The Hall–Kier alpha value is -3.41. The van der Waals surface area contributed by atoms with Crippen molar-refractivity contribution >= 4 is 28.1 Å². The molecule has 0 spiro atoms. The molecule has 6 heteroatoms. The number of hydrogen-bond acceptors (Lipinski definition) is 2. The predicted octanol–water partition coefficient (Wildman–Crippen LogP) is 4.43. The van der Waals surface area contributed by atoms with Gasteiger partial charge in [-0.25, -0.2) is 4.39 Å². The molecule has 0 bridgehead atoms. The van der Waals surface area contributed by atoms with Crippen molar-refractivity contribution in [3.05, 3.63) is 82.0 Å². The molecule has 4 aromatic rings. The van der Waals surface area contributed by atoms with Gasteiger partial charge in [-0.2, -0.15) is 0 Å². The molecule has 0 fully saturated rings. The maximum atomic E-state index is 13.8. The molecule has 0 aliphatic carbocycles. The molecule has 4 rings (SSSR count). The Labute approximate surface area is 167 Å². The smallest absolute Gasteiger partial charge is 0.275 e. The molecule has 0 aliphatic rings. The van der Waals surface area contributed by atoms with Crippen LogP contribution in [0, 0.1) is 19.7 Å². The normalized spacial score (nSPS) is 11.3. The standard InChI is InChI=1S/C23H22FN3O2/c1-15-7-9-18(16(2)13-15)25-22(28)6-4-12-27-21-14-17(24)8-10-19(21)26-11-3-5-20(26)23(27)29/h3,5,7-11,13-14H,4,6,12H2,1-2H3,(H,25,28). The van der Waals surface area contributed by atoms with E-state index in [1.54, 1.807) is 33.4 Å². The van der Waals surface area contributed by atoms with Crippen LogP contribution in [0.15, 0.2) is 59.5 Å². The Bertz CT molecular complexity index is 1290. The lowest BCUT2D eigenvalue weighted by Gasteiger charge is -2.13. The third kappa shape index (κ3) is 3.66. The fraction of sp³-hybridized carbons (Fsp3) is 0.217. The summed E-state index contributed by atoms with van der Waals surface area (Å²) in [7, 11) is 0. The van der Waals surface area contributed by atoms with Crippen molar-refractivity contribution in [2.24, 2.45) is 0 Å². The molecule has 1 N–H and O–H groups in total. The van der Waals surface area contributed by atoms with E-state index in [-0.39, 0.29) is 17.9 Å². The van der Waals surface area contributed by atoms with Crippen LogP contribution >= 0.6 is 0 Å². The summed E-state index contributed by atoms with van der Waals surface area (Å²) in [6.07, 6.45) is 2.53.